The van der Waals surface area contributed by atoms with Gasteiger partial charge in [0.15, 0.2) is 0 Å². The molecule has 1 N–H and O–H groups in total. The third-order valence-corrected chi connectivity index (χ3v) is 3.65. The molecule has 1 heterocycles. The van der Waals surface area contributed by atoms with E-state index < -0.39 is 0 Å². The summed E-state index contributed by atoms with van der Waals surface area (Å²) in [5, 5.41) is 3.58. The third kappa shape index (κ3) is 3.22. The van der Waals surface area contributed by atoms with Crippen LogP contribution in [-0.2, 0) is 0 Å². The zero-order valence-corrected chi connectivity index (χ0v) is 11.3. The first-order valence-corrected chi connectivity index (χ1v) is 6.75. The number of nitrogens with one attached hydrogen (secondary N) is 1. The third-order valence-electron chi connectivity index (χ3n) is 3.16. The number of halogens is 1. The molecule has 1 aliphatic rings. The van der Waals surface area contributed by atoms with Gasteiger partial charge in [0, 0.05) is 29.8 Å². The van der Waals surface area contributed by atoms with Crippen molar-refractivity contribution in [2.24, 2.45) is 0 Å². The van der Waals surface area contributed by atoms with Crippen LogP contribution < -0.4 is 10.2 Å². The zero-order valence-electron chi connectivity index (χ0n) is 9.75. The Kier molecular flexibility index (Phi) is 4.24. The lowest BCUT2D eigenvalue weighted by molar-refractivity contribution is 0.403. The van der Waals surface area contributed by atoms with E-state index >= 15 is 0 Å². The SMILES string of the molecule is CN(CC1CCCCN1)c1cccc(Br)c1. The Morgan fingerprint density at radius 2 is 2.31 bits per heavy atom. The minimum absolute atomic E-state index is 0.651. The predicted octanol–water partition coefficient (Wildman–Crippen LogP) is 3.03. The van der Waals surface area contributed by atoms with Crippen molar-refractivity contribution in [2.45, 2.75) is 25.3 Å². The maximum atomic E-state index is 3.58. The molecule has 88 valence electrons. The molecule has 2 rings (SSSR count). The second-order valence-corrected chi connectivity index (χ2v) is 5.42. The van der Waals surface area contributed by atoms with E-state index in [0.717, 1.165) is 11.0 Å². The molecule has 0 bridgehead atoms. The van der Waals surface area contributed by atoms with Gasteiger partial charge < -0.3 is 10.2 Å². The maximum Gasteiger partial charge on any atom is 0.0375 e. The van der Waals surface area contributed by atoms with E-state index in [0.29, 0.717) is 6.04 Å². The van der Waals surface area contributed by atoms with Crippen LogP contribution in [0.5, 0.6) is 0 Å². The van der Waals surface area contributed by atoms with E-state index in [1.54, 1.807) is 0 Å². The van der Waals surface area contributed by atoms with Gasteiger partial charge in [-0.15, -0.1) is 0 Å². The van der Waals surface area contributed by atoms with Crippen LogP contribution in [0.3, 0.4) is 0 Å². The predicted molar refractivity (Wildman–Crippen MR) is 73.1 cm³/mol. The number of piperidine rings is 1. The first kappa shape index (κ1) is 11.9. The van der Waals surface area contributed by atoms with Gasteiger partial charge in [0.2, 0.25) is 0 Å². The zero-order chi connectivity index (χ0) is 11.4. The number of hydrogen-bond donors (Lipinski definition) is 1. The second kappa shape index (κ2) is 5.69. The Labute approximate surface area is 106 Å². The summed E-state index contributed by atoms with van der Waals surface area (Å²) in [5.41, 5.74) is 1.28. The maximum absolute atomic E-state index is 3.58. The number of likely N-dealkylation sites (N-methyl/N-ethyl adjacent to an activating group) is 1. The number of anilines is 1. The summed E-state index contributed by atoms with van der Waals surface area (Å²) in [6.45, 7) is 2.27. The molecule has 0 aliphatic carbocycles. The number of benzene rings is 1. The van der Waals surface area contributed by atoms with Crippen molar-refractivity contribution in [3.8, 4) is 0 Å². The summed E-state index contributed by atoms with van der Waals surface area (Å²) in [4.78, 5) is 2.33. The fourth-order valence-electron chi connectivity index (χ4n) is 2.23. The average Bonchev–Trinajstić information content (AvgIpc) is 2.30. The van der Waals surface area contributed by atoms with Gasteiger partial charge in [0.1, 0.15) is 0 Å². The molecule has 0 saturated carbocycles. The molecule has 1 aromatic carbocycles. The van der Waals surface area contributed by atoms with Crippen molar-refractivity contribution in [1.82, 2.24) is 5.32 Å². The van der Waals surface area contributed by atoms with E-state index in [9.17, 15) is 0 Å². The van der Waals surface area contributed by atoms with Crippen molar-refractivity contribution >= 4 is 21.6 Å². The van der Waals surface area contributed by atoms with Crippen LogP contribution in [0.15, 0.2) is 28.7 Å². The first-order chi connectivity index (χ1) is 7.75. The van der Waals surface area contributed by atoms with Crippen LogP contribution in [0.1, 0.15) is 19.3 Å². The van der Waals surface area contributed by atoms with E-state index in [1.807, 2.05) is 0 Å². The van der Waals surface area contributed by atoms with Crippen molar-refractivity contribution in [3.63, 3.8) is 0 Å². The molecular weight excluding hydrogens is 264 g/mol. The summed E-state index contributed by atoms with van der Waals surface area (Å²) >= 11 is 3.51. The molecule has 0 amide bonds. The molecule has 1 aliphatic heterocycles. The summed E-state index contributed by atoms with van der Waals surface area (Å²) in [6, 6.07) is 9.13. The fraction of sp³-hybridized carbons (Fsp3) is 0.538. The number of rotatable bonds is 3. The van der Waals surface area contributed by atoms with E-state index in [2.05, 4.69) is 57.5 Å². The lowest BCUT2D eigenvalue weighted by atomic mass is 10.0. The van der Waals surface area contributed by atoms with Crippen molar-refractivity contribution < 1.29 is 0 Å². The minimum Gasteiger partial charge on any atom is -0.373 e. The van der Waals surface area contributed by atoms with E-state index in [4.69, 9.17) is 0 Å². The van der Waals surface area contributed by atoms with Crippen LogP contribution in [0.25, 0.3) is 0 Å². The molecule has 2 nitrogen and oxygen atoms in total. The highest BCUT2D eigenvalue weighted by atomic mass is 79.9. The van der Waals surface area contributed by atoms with Crippen molar-refractivity contribution in [2.75, 3.05) is 25.0 Å². The van der Waals surface area contributed by atoms with E-state index in [1.165, 1.54) is 31.5 Å². The van der Waals surface area contributed by atoms with Gasteiger partial charge in [0.25, 0.3) is 0 Å². The summed E-state index contributed by atoms with van der Waals surface area (Å²) in [7, 11) is 2.16. The van der Waals surface area contributed by atoms with E-state index in [-0.39, 0.29) is 0 Å². The lowest BCUT2D eigenvalue weighted by Crippen LogP contribution is -2.42. The Morgan fingerprint density at radius 3 is 3.00 bits per heavy atom. The molecular formula is C13H19BrN2. The largest absolute Gasteiger partial charge is 0.373 e. The van der Waals surface area contributed by atoms with Crippen LogP contribution in [-0.4, -0.2) is 26.2 Å². The Bertz CT molecular complexity index is 334. The molecule has 1 aromatic rings. The molecule has 0 radical (unpaired) electrons. The summed E-state index contributed by atoms with van der Waals surface area (Å²) in [5.74, 6) is 0. The highest BCUT2D eigenvalue weighted by Gasteiger charge is 2.14. The van der Waals surface area contributed by atoms with Gasteiger partial charge in [-0.1, -0.05) is 28.4 Å². The van der Waals surface area contributed by atoms with Crippen LogP contribution in [0.4, 0.5) is 5.69 Å². The van der Waals surface area contributed by atoms with Crippen molar-refractivity contribution in [1.29, 1.82) is 0 Å². The highest BCUT2D eigenvalue weighted by Crippen LogP contribution is 2.19. The van der Waals surface area contributed by atoms with Crippen LogP contribution in [0.2, 0.25) is 0 Å². The molecule has 16 heavy (non-hydrogen) atoms. The molecule has 1 fully saturated rings. The van der Waals surface area contributed by atoms with Gasteiger partial charge in [-0.05, 0) is 37.6 Å². The Morgan fingerprint density at radius 1 is 1.44 bits per heavy atom. The smallest absolute Gasteiger partial charge is 0.0375 e. The molecule has 1 saturated heterocycles. The standard InChI is InChI=1S/C13H19BrN2/c1-16(10-12-6-2-3-8-15-12)13-7-4-5-11(14)9-13/h4-5,7,9,12,15H,2-3,6,8,10H2,1H3. The quantitative estimate of drug-likeness (QED) is 0.917. The topological polar surface area (TPSA) is 15.3 Å². The normalized spacial score (nSPS) is 20.8. The van der Waals surface area contributed by atoms with Gasteiger partial charge in [-0.3, -0.25) is 0 Å². The van der Waals surface area contributed by atoms with Gasteiger partial charge >= 0.3 is 0 Å². The fourth-order valence-corrected chi connectivity index (χ4v) is 2.62. The minimum atomic E-state index is 0.651. The summed E-state index contributed by atoms with van der Waals surface area (Å²) < 4.78 is 1.15. The van der Waals surface area contributed by atoms with Gasteiger partial charge in [-0.25, -0.2) is 0 Å². The average molecular weight is 283 g/mol. The highest BCUT2D eigenvalue weighted by molar-refractivity contribution is 9.10. The summed E-state index contributed by atoms with van der Waals surface area (Å²) in [6.07, 6.45) is 4.00. The number of hydrogen-bond acceptors (Lipinski definition) is 2. The van der Waals surface area contributed by atoms with Crippen LogP contribution in [0, 0.1) is 0 Å². The Balaban J connectivity index is 1.94. The first-order valence-electron chi connectivity index (χ1n) is 5.96. The molecule has 1 atom stereocenters. The molecule has 0 aromatic heterocycles. The lowest BCUT2D eigenvalue weighted by Gasteiger charge is -2.29. The van der Waals surface area contributed by atoms with Crippen LogP contribution >= 0.6 is 15.9 Å². The molecule has 0 spiro atoms. The monoisotopic (exact) mass is 282 g/mol. The Hall–Kier alpha value is -0.540. The molecule has 1 unspecified atom stereocenters. The molecule has 3 heteroatoms. The van der Waals surface area contributed by atoms with Gasteiger partial charge in [0.05, 0.1) is 0 Å². The van der Waals surface area contributed by atoms with Crippen molar-refractivity contribution in [3.05, 3.63) is 28.7 Å². The van der Waals surface area contributed by atoms with Gasteiger partial charge in [-0.2, -0.15) is 0 Å². The second-order valence-electron chi connectivity index (χ2n) is 4.51. The number of nitrogens with zero attached hydrogens (tertiary/aromatic N) is 1.